The minimum atomic E-state index is 0.725. The Morgan fingerprint density at radius 2 is 1.80 bits per heavy atom. The number of pyridine rings is 1. The van der Waals surface area contributed by atoms with Crippen LogP contribution in [0.25, 0.3) is 0 Å². The summed E-state index contributed by atoms with van der Waals surface area (Å²) in [6.07, 6.45) is 0. The monoisotopic (exact) mass is 282 g/mol. The van der Waals surface area contributed by atoms with Crippen molar-refractivity contribution in [3.8, 4) is 0 Å². The van der Waals surface area contributed by atoms with E-state index in [2.05, 4.69) is 26.2 Å². The van der Waals surface area contributed by atoms with Crippen molar-refractivity contribution in [1.29, 1.82) is 0 Å². The second kappa shape index (κ2) is 4.64. The Hall–Kier alpha value is -1.06. The molecule has 76 valence electrons. The molecule has 0 atom stereocenters. The highest BCUT2D eigenvalue weighted by atomic mass is 79.9. The molecule has 1 aromatic carbocycles. The van der Waals surface area contributed by atoms with Crippen LogP contribution in [0, 0.1) is 0 Å². The Morgan fingerprint density at radius 1 is 1.07 bits per heavy atom. The van der Waals surface area contributed by atoms with E-state index in [-0.39, 0.29) is 0 Å². The molecular formula is C11H8BrClN2. The summed E-state index contributed by atoms with van der Waals surface area (Å²) in [5.74, 6) is 0.798. The summed E-state index contributed by atoms with van der Waals surface area (Å²) in [6, 6.07) is 13.2. The first kappa shape index (κ1) is 10.5. The van der Waals surface area contributed by atoms with Gasteiger partial charge in [-0.05, 0) is 52.3 Å². The molecule has 0 aliphatic rings. The molecule has 0 unspecified atom stereocenters. The van der Waals surface area contributed by atoms with E-state index in [9.17, 15) is 0 Å². The molecule has 2 rings (SSSR count). The van der Waals surface area contributed by atoms with Crippen LogP contribution < -0.4 is 5.32 Å². The zero-order chi connectivity index (χ0) is 10.7. The van der Waals surface area contributed by atoms with Crippen LogP contribution in [0.15, 0.2) is 47.1 Å². The first-order chi connectivity index (χ1) is 7.24. The van der Waals surface area contributed by atoms with E-state index in [1.807, 2.05) is 42.5 Å². The summed E-state index contributed by atoms with van der Waals surface area (Å²) in [7, 11) is 0. The summed E-state index contributed by atoms with van der Waals surface area (Å²) >= 11 is 9.10. The molecule has 0 spiro atoms. The van der Waals surface area contributed by atoms with E-state index < -0.39 is 0 Å². The average molecular weight is 284 g/mol. The Kier molecular flexibility index (Phi) is 3.23. The molecule has 1 N–H and O–H groups in total. The Morgan fingerprint density at radius 3 is 2.47 bits per heavy atom. The number of nitrogens with zero attached hydrogens (tertiary/aromatic N) is 1. The molecule has 2 nitrogen and oxygen atoms in total. The topological polar surface area (TPSA) is 24.9 Å². The van der Waals surface area contributed by atoms with Crippen LogP contribution in [-0.4, -0.2) is 4.98 Å². The molecule has 1 heterocycles. The molecule has 0 saturated carbocycles. The minimum absolute atomic E-state index is 0.725. The fourth-order valence-corrected chi connectivity index (χ4v) is 1.63. The second-order valence-electron chi connectivity index (χ2n) is 2.98. The third-order valence-corrected chi connectivity index (χ3v) is 2.53. The van der Waals surface area contributed by atoms with Crippen LogP contribution in [-0.2, 0) is 0 Å². The van der Waals surface area contributed by atoms with E-state index in [0.29, 0.717) is 0 Å². The van der Waals surface area contributed by atoms with Crippen molar-refractivity contribution < 1.29 is 0 Å². The highest BCUT2D eigenvalue weighted by Crippen LogP contribution is 2.18. The number of aromatic nitrogens is 1. The number of hydrogen-bond acceptors (Lipinski definition) is 2. The summed E-state index contributed by atoms with van der Waals surface area (Å²) in [4.78, 5) is 4.26. The van der Waals surface area contributed by atoms with Crippen LogP contribution in [0.5, 0.6) is 0 Å². The lowest BCUT2D eigenvalue weighted by molar-refractivity contribution is 1.26. The van der Waals surface area contributed by atoms with E-state index in [0.717, 1.165) is 21.1 Å². The van der Waals surface area contributed by atoms with Gasteiger partial charge in [0.25, 0.3) is 0 Å². The van der Waals surface area contributed by atoms with Crippen molar-refractivity contribution in [3.05, 3.63) is 52.1 Å². The maximum Gasteiger partial charge on any atom is 0.131 e. The largest absolute Gasteiger partial charge is 0.340 e. The Balaban J connectivity index is 2.18. The van der Waals surface area contributed by atoms with E-state index in [1.54, 1.807) is 0 Å². The van der Waals surface area contributed by atoms with Gasteiger partial charge in [-0.15, -0.1) is 0 Å². The quantitative estimate of drug-likeness (QED) is 0.834. The maximum atomic E-state index is 5.79. The summed E-state index contributed by atoms with van der Waals surface area (Å²) in [6.45, 7) is 0. The van der Waals surface area contributed by atoms with Gasteiger partial charge >= 0.3 is 0 Å². The Labute approximate surface area is 101 Å². The van der Waals surface area contributed by atoms with Gasteiger partial charge in [-0.2, -0.15) is 0 Å². The lowest BCUT2D eigenvalue weighted by Gasteiger charge is -2.05. The molecule has 0 aliphatic carbocycles. The predicted molar refractivity (Wildman–Crippen MR) is 66.7 cm³/mol. The normalized spacial score (nSPS) is 10.0. The molecule has 0 aliphatic heterocycles. The number of hydrogen-bond donors (Lipinski definition) is 1. The molecule has 0 radical (unpaired) electrons. The van der Waals surface area contributed by atoms with Crippen LogP contribution in [0.4, 0.5) is 11.5 Å². The fourth-order valence-electron chi connectivity index (χ4n) is 1.16. The molecular weight excluding hydrogens is 275 g/mol. The summed E-state index contributed by atoms with van der Waals surface area (Å²) in [5, 5.41) is 3.90. The molecule has 15 heavy (non-hydrogen) atoms. The molecule has 0 bridgehead atoms. The molecule has 2 aromatic rings. The second-order valence-corrected chi connectivity index (χ2v) is 4.23. The number of nitrogens with one attached hydrogen (secondary N) is 1. The molecule has 0 fully saturated rings. The van der Waals surface area contributed by atoms with Crippen molar-refractivity contribution in [2.24, 2.45) is 0 Å². The van der Waals surface area contributed by atoms with Crippen molar-refractivity contribution in [3.63, 3.8) is 0 Å². The molecule has 4 heteroatoms. The highest BCUT2D eigenvalue weighted by molar-refractivity contribution is 9.10. The van der Waals surface area contributed by atoms with Gasteiger partial charge in [-0.1, -0.05) is 17.7 Å². The predicted octanol–water partition coefficient (Wildman–Crippen LogP) is 4.24. The van der Waals surface area contributed by atoms with Crippen molar-refractivity contribution in [2.75, 3.05) is 5.32 Å². The van der Waals surface area contributed by atoms with Crippen molar-refractivity contribution >= 4 is 39.0 Å². The Bertz CT molecular complexity index is 456. The van der Waals surface area contributed by atoms with Crippen LogP contribution >= 0.6 is 27.5 Å². The number of benzene rings is 1. The van der Waals surface area contributed by atoms with Crippen LogP contribution in [0.3, 0.4) is 0 Å². The summed E-state index contributed by atoms with van der Waals surface area (Å²) in [5.41, 5.74) is 0.963. The smallest absolute Gasteiger partial charge is 0.131 e. The van der Waals surface area contributed by atoms with E-state index in [4.69, 9.17) is 11.6 Å². The zero-order valence-corrected chi connectivity index (χ0v) is 10.1. The third-order valence-electron chi connectivity index (χ3n) is 1.83. The lowest BCUT2D eigenvalue weighted by atomic mass is 10.3. The number of halogens is 2. The molecule has 0 saturated heterocycles. The first-order valence-corrected chi connectivity index (χ1v) is 5.56. The number of rotatable bonds is 2. The van der Waals surface area contributed by atoms with Gasteiger partial charge in [0.1, 0.15) is 10.4 Å². The maximum absolute atomic E-state index is 5.79. The van der Waals surface area contributed by atoms with Crippen LogP contribution in [0.2, 0.25) is 5.02 Å². The van der Waals surface area contributed by atoms with Crippen molar-refractivity contribution in [1.82, 2.24) is 4.98 Å². The van der Waals surface area contributed by atoms with Gasteiger partial charge in [-0.3, -0.25) is 0 Å². The van der Waals surface area contributed by atoms with Gasteiger partial charge in [0.05, 0.1) is 0 Å². The average Bonchev–Trinajstić information content (AvgIpc) is 2.22. The van der Waals surface area contributed by atoms with Gasteiger partial charge in [0.15, 0.2) is 0 Å². The lowest BCUT2D eigenvalue weighted by Crippen LogP contribution is -1.92. The van der Waals surface area contributed by atoms with Gasteiger partial charge in [0.2, 0.25) is 0 Å². The SMILES string of the molecule is Clc1ccc(Nc2cccc(Br)n2)cc1. The standard InChI is InChI=1S/C11H8BrClN2/c12-10-2-1-3-11(15-10)14-9-6-4-8(13)5-7-9/h1-7H,(H,14,15). The van der Waals surface area contributed by atoms with Gasteiger partial charge in [-0.25, -0.2) is 4.98 Å². The fraction of sp³-hybridized carbons (Fsp3) is 0. The van der Waals surface area contributed by atoms with E-state index >= 15 is 0 Å². The summed E-state index contributed by atoms with van der Waals surface area (Å²) < 4.78 is 0.807. The van der Waals surface area contributed by atoms with Crippen LogP contribution in [0.1, 0.15) is 0 Å². The minimum Gasteiger partial charge on any atom is -0.340 e. The van der Waals surface area contributed by atoms with Crippen molar-refractivity contribution in [2.45, 2.75) is 0 Å². The number of anilines is 2. The molecule has 1 aromatic heterocycles. The zero-order valence-electron chi connectivity index (χ0n) is 7.74. The van der Waals surface area contributed by atoms with Gasteiger partial charge in [0, 0.05) is 10.7 Å². The van der Waals surface area contributed by atoms with Gasteiger partial charge < -0.3 is 5.32 Å². The highest BCUT2D eigenvalue weighted by Gasteiger charge is 1.96. The molecule has 0 amide bonds. The van der Waals surface area contributed by atoms with E-state index in [1.165, 1.54) is 0 Å². The third kappa shape index (κ3) is 2.94. The first-order valence-electron chi connectivity index (χ1n) is 4.39.